The summed E-state index contributed by atoms with van der Waals surface area (Å²) in [5.41, 5.74) is 0. The predicted octanol–water partition coefficient (Wildman–Crippen LogP) is 3.30. The fourth-order valence-electron chi connectivity index (χ4n) is 2.95. The molecule has 0 unspecified atom stereocenters. The number of para-hydroxylation sites is 1. The van der Waals surface area contributed by atoms with Gasteiger partial charge in [-0.2, -0.15) is 0 Å². The van der Waals surface area contributed by atoms with E-state index in [-0.39, 0.29) is 12.1 Å². The van der Waals surface area contributed by atoms with Gasteiger partial charge in [0, 0.05) is 24.0 Å². The molecule has 0 saturated carbocycles. The molecule has 3 rings (SSSR count). The van der Waals surface area contributed by atoms with E-state index in [1.165, 1.54) is 4.88 Å². The molecule has 128 valence electrons. The molecule has 1 aromatic heterocycles. The Kier molecular flexibility index (Phi) is 5.85. The topological polar surface area (TPSA) is 50.8 Å². The third kappa shape index (κ3) is 4.35. The highest BCUT2D eigenvalue weighted by Gasteiger charge is 2.29. The lowest BCUT2D eigenvalue weighted by atomic mass is 10.1. The summed E-state index contributed by atoms with van der Waals surface area (Å²) in [5, 5.41) is 5.04. The Balaban J connectivity index is 1.66. The molecule has 2 aromatic rings. The molecular formula is C18H22N2O3S. The van der Waals surface area contributed by atoms with Crippen molar-refractivity contribution in [3.63, 3.8) is 0 Å². The van der Waals surface area contributed by atoms with Crippen LogP contribution in [-0.2, 0) is 4.74 Å². The molecule has 0 aliphatic carbocycles. The molecular weight excluding hydrogens is 324 g/mol. The van der Waals surface area contributed by atoms with Gasteiger partial charge in [-0.1, -0.05) is 24.3 Å². The SMILES string of the molecule is C[C@H](NC(=O)Oc1ccccc1)[C@@H](c1cccs1)N1CCOCC1. The molecule has 1 saturated heterocycles. The Labute approximate surface area is 146 Å². The summed E-state index contributed by atoms with van der Waals surface area (Å²) in [6.45, 7) is 5.20. The maximum atomic E-state index is 12.2. The molecule has 2 heterocycles. The van der Waals surface area contributed by atoms with Crippen molar-refractivity contribution in [2.45, 2.75) is 19.0 Å². The summed E-state index contributed by atoms with van der Waals surface area (Å²) in [7, 11) is 0. The summed E-state index contributed by atoms with van der Waals surface area (Å²) in [4.78, 5) is 15.8. The Bertz CT molecular complexity index is 627. The summed E-state index contributed by atoms with van der Waals surface area (Å²) in [6.07, 6.45) is -0.427. The molecule has 1 aromatic carbocycles. The number of nitrogens with one attached hydrogen (secondary N) is 1. The first-order chi connectivity index (χ1) is 11.7. The summed E-state index contributed by atoms with van der Waals surface area (Å²) in [5.74, 6) is 0.543. The van der Waals surface area contributed by atoms with Crippen molar-refractivity contribution in [2.24, 2.45) is 0 Å². The van der Waals surface area contributed by atoms with Gasteiger partial charge in [0.25, 0.3) is 0 Å². The van der Waals surface area contributed by atoms with Crippen molar-refractivity contribution in [1.82, 2.24) is 10.2 Å². The summed E-state index contributed by atoms with van der Waals surface area (Å²) >= 11 is 1.71. The number of rotatable bonds is 5. The number of ether oxygens (including phenoxy) is 2. The zero-order chi connectivity index (χ0) is 16.8. The molecule has 0 radical (unpaired) electrons. The van der Waals surface area contributed by atoms with Crippen LogP contribution in [0, 0.1) is 0 Å². The fourth-order valence-corrected chi connectivity index (χ4v) is 3.91. The molecule has 6 heteroatoms. The highest BCUT2D eigenvalue weighted by Crippen LogP contribution is 2.29. The van der Waals surface area contributed by atoms with Crippen LogP contribution in [0.15, 0.2) is 47.8 Å². The molecule has 1 N–H and O–H groups in total. The highest BCUT2D eigenvalue weighted by atomic mass is 32.1. The quantitative estimate of drug-likeness (QED) is 0.902. The minimum atomic E-state index is -0.427. The third-order valence-electron chi connectivity index (χ3n) is 4.05. The van der Waals surface area contributed by atoms with Crippen LogP contribution < -0.4 is 10.1 Å². The van der Waals surface area contributed by atoms with Gasteiger partial charge in [0.2, 0.25) is 0 Å². The highest BCUT2D eigenvalue weighted by molar-refractivity contribution is 7.10. The Morgan fingerprint density at radius 3 is 2.62 bits per heavy atom. The van der Waals surface area contributed by atoms with E-state index < -0.39 is 6.09 Å². The van der Waals surface area contributed by atoms with Crippen LogP contribution in [0.4, 0.5) is 4.79 Å². The van der Waals surface area contributed by atoms with Gasteiger partial charge in [-0.05, 0) is 30.5 Å². The molecule has 1 fully saturated rings. The first kappa shape index (κ1) is 17.0. The normalized spacial score (nSPS) is 17.9. The monoisotopic (exact) mass is 346 g/mol. The Morgan fingerprint density at radius 1 is 1.21 bits per heavy atom. The first-order valence-corrected chi connectivity index (χ1v) is 9.00. The number of amides is 1. The number of nitrogens with zero attached hydrogens (tertiary/aromatic N) is 1. The number of thiophene rings is 1. The predicted molar refractivity (Wildman–Crippen MR) is 94.5 cm³/mol. The standard InChI is InChI=1S/C18H22N2O3S/c1-14(19-18(21)23-15-6-3-2-4-7-15)17(16-8-5-13-24-16)20-9-11-22-12-10-20/h2-8,13-14,17H,9-12H2,1H3,(H,19,21)/t14-,17-/m0/s1. The van der Waals surface area contributed by atoms with Crippen LogP contribution in [0.1, 0.15) is 17.8 Å². The summed E-state index contributed by atoms with van der Waals surface area (Å²) in [6, 6.07) is 13.3. The van der Waals surface area contributed by atoms with Crippen molar-refractivity contribution in [1.29, 1.82) is 0 Å². The number of morpholine rings is 1. The van der Waals surface area contributed by atoms with Crippen LogP contribution in [0.3, 0.4) is 0 Å². The van der Waals surface area contributed by atoms with Crippen molar-refractivity contribution in [2.75, 3.05) is 26.3 Å². The largest absolute Gasteiger partial charge is 0.412 e. The van der Waals surface area contributed by atoms with Gasteiger partial charge in [-0.25, -0.2) is 4.79 Å². The smallest absolute Gasteiger partial charge is 0.410 e. The molecule has 0 bridgehead atoms. The number of carbonyl (C=O) groups excluding carboxylic acids is 1. The fraction of sp³-hybridized carbons (Fsp3) is 0.389. The number of carbonyl (C=O) groups is 1. The van der Waals surface area contributed by atoms with Crippen molar-refractivity contribution >= 4 is 17.4 Å². The van der Waals surface area contributed by atoms with Crippen LogP contribution in [0.25, 0.3) is 0 Å². The maximum absolute atomic E-state index is 12.2. The molecule has 1 aliphatic heterocycles. The first-order valence-electron chi connectivity index (χ1n) is 8.12. The van der Waals surface area contributed by atoms with Gasteiger partial charge < -0.3 is 14.8 Å². The molecule has 1 amide bonds. The van der Waals surface area contributed by atoms with Gasteiger partial charge in [0.15, 0.2) is 0 Å². The van der Waals surface area contributed by atoms with E-state index in [1.54, 1.807) is 23.5 Å². The second-order valence-corrected chi connectivity index (χ2v) is 6.72. The summed E-state index contributed by atoms with van der Waals surface area (Å²) < 4.78 is 10.8. The molecule has 24 heavy (non-hydrogen) atoms. The van der Waals surface area contributed by atoms with Crippen LogP contribution >= 0.6 is 11.3 Å². The minimum absolute atomic E-state index is 0.0713. The minimum Gasteiger partial charge on any atom is -0.410 e. The number of hydrogen-bond donors (Lipinski definition) is 1. The lowest BCUT2D eigenvalue weighted by Crippen LogP contribution is -2.48. The average molecular weight is 346 g/mol. The molecule has 2 atom stereocenters. The number of benzene rings is 1. The van der Waals surface area contributed by atoms with Gasteiger partial charge in [0.05, 0.1) is 19.3 Å². The molecule has 1 aliphatic rings. The van der Waals surface area contributed by atoms with E-state index in [1.807, 2.05) is 31.2 Å². The van der Waals surface area contributed by atoms with Crippen molar-refractivity contribution in [3.05, 3.63) is 52.7 Å². The third-order valence-corrected chi connectivity index (χ3v) is 4.99. The second-order valence-electron chi connectivity index (χ2n) is 5.74. The second kappa shape index (κ2) is 8.28. The Hall–Kier alpha value is -1.89. The molecule has 0 spiro atoms. The van der Waals surface area contributed by atoms with E-state index in [0.29, 0.717) is 5.75 Å². The van der Waals surface area contributed by atoms with Crippen LogP contribution in [0.5, 0.6) is 5.75 Å². The van der Waals surface area contributed by atoms with E-state index >= 15 is 0 Å². The Morgan fingerprint density at radius 2 is 1.96 bits per heavy atom. The van der Waals surface area contributed by atoms with Crippen LogP contribution in [0.2, 0.25) is 0 Å². The van der Waals surface area contributed by atoms with Crippen molar-refractivity contribution < 1.29 is 14.3 Å². The lowest BCUT2D eigenvalue weighted by Gasteiger charge is -2.37. The van der Waals surface area contributed by atoms with Crippen LogP contribution in [-0.4, -0.2) is 43.3 Å². The van der Waals surface area contributed by atoms with E-state index in [0.717, 1.165) is 26.3 Å². The van der Waals surface area contributed by atoms with Gasteiger partial charge >= 0.3 is 6.09 Å². The van der Waals surface area contributed by atoms with Gasteiger partial charge in [-0.15, -0.1) is 11.3 Å². The number of hydrogen-bond acceptors (Lipinski definition) is 5. The maximum Gasteiger partial charge on any atom is 0.412 e. The van der Waals surface area contributed by atoms with Crippen molar-refractivity contribution in [3.8, 4) is 5.75 Å². The lowest BCUT2D eigenvalue weighted by molar-refractivity contribution is 0.00997. The zero-order valence-corrected chi connectivity index (χ0v) is 14.5. The zero-order valence-electron chi connectivity index (χ0n) is 13.7. The van der Waals surface area contributed by atoms with Gasteiger partial charge in [0.1, 0.15) is 5.75 Å². The molecule has 5 nitrogen and oxygen atoms in total. The van der Waals surface area contributed by atoms with Gasteiger partial charge in [-0.3, -0.25) is 4.90 Å². The van der Waals surface area contributed by atoms with E-state index in [2.05, 4.69) is 21.7 Å². The van der Waals surface area contributed by atoms with E-state index in [4.69, 9.17) is 9.47 Å². The average Bonchev–Trinajstić information content (AvgIpc) is 3.11. The van der Waals surface area contributed by atoms with E-state index in [9.17, 15) is 4.79 Å².